The van der Waals surface area contributed by atoms with Crippen molar-refractivity contribution in [2.75, 3.05) is 32.8 Å². The van der Waals surface area contributed by atoms with Crippen LogP contribution >= 0.6 is 0 Å². The zero-order valence-electron chi connectivity index (χ0n) is 14.8. The number of hydrogen-bond donors (Lipinski definition) is 0. The normalized spacial score (nSPS) is 27.8. The van der Waals surface area contributed by atoms with Crippen molar-refractivity contribution < 1.29 is 9.53 Å². The molecule has 7 heteroatoms. The molecule has 7 nitrogen and oxygen atoms in total. The average Bonchev–Trinajstić information content (AvgIpc) is 3.58. The van der Waals surface area contributed by atoms with Gasteiger partial charge >= 0.3 is 0 Å². The lowest BCUT2D eigenvalue weighted by Gasteiger charge is -2.32. The third-order valence-electron chi connectivity index (χ3n) is 5.96. The second-order valence-electron chi connectivity index (χ2n) is 7.92. The van der Waals surface area contributed by atoms with Crippen molar-refractivity contribution in [2.24, 2.45) is 0 Å². The molecule has 1 unspecified atom stereocenters. The maximum atomic E-state index is 12.9. The van der Waals surface area contributed by atoms with Gasteiger partial charge in [-0.3, -0.25) is 9.69 Å². The molecule has 1 amide bonds. The van der Waals surface area contributed by atoms with E-state index in [0.717, 1.165) is 44.8 Å². The van der Waals surface area contributed by atoms with Crippen LogP contribution in [0, 0.1) is 0 Å². The Morgan fingerprint density at radius 2 is 1.84 bits per heavy atom. The van der Waals surface area contributed by atoms with Gasteiger partial charge in [0.15, 0.2) is 0 Å². The summed E-state index contributed by atoms with van der Waals surface area (Å²) in [6.45, 7) is 4.53. The Labute approximate surface area is 148 Å². The van der Waals surface area contributed by atoms with E-state index in [1.54, 1.807) is 0 Å². The molecule has 4 fully saturated rings. The van der Waals surface area contributed by atoms with E-state index in [2.05, 4.69) is 19.7 Å². The number of amides is 1. The molecular weight excluding hydrogens is 318 g/mol. The van der Waals surface area contributed by atoms with Crippen LogP contribution in [0.15, 0.2) is 0 Å². The predicted octanol–water partition coefficient (Wildman–Crippen LogP) is 1.31. The highest BCUT2D eigenvalue weighted by atomic mass is 16.5. The Morgan fingerprint density at radius 3 is 2.56 bits per heavy atom. The highest BCUT2D eigenvalue weighted by Gasteiger charge is 2.39. The van der Waals surface area contributed by atoms with Crippen LogP contribution in [0.25, 0.3) is 0 Å². The zero-order chi connectivity index (χ0) is 16.8. The first-order valence-electron chi connectivity index (χ1n) is 9.85. The molecule has 4 aliphatic rings. The summed E-state index contributed by atoms with van der Waals surface area (Å²) in [6.07, 6.45) is 7.07. The molecule has 0 radical (unpaired) electrons. The SMILES string of the molecule is O=C(C1CCCN1Cc1nnc(C2CC2)n1C1CC1)N1CCOCC1. The monoisotopic (exact) mass is 345 g/mol. The number of likely N-dealkylation sites (tertiary alicyclic amines) is 1. The van der Waals surface area contributed by atoms with E-state index in [1.807, 2.05) is 4.90 Å². The van der Waals surface area contributed by atoms with Gasteiger partial charge in [-0.25, -0.2) is 0 Å². The van der Waals surface area contributed by atoms with Gasteiger partial charge in [0.1, 0.15) is 11.6 Å². The van der Waals surface area contributed by atoms with E-state index in [0.29, 0.717) is 25.2 Å². The van der Waals surface area contributed by atoms with Gasteiger partial charge in [0.2, 0.25) is 5.91 Å². The molecule has 0 spiro atoms. The van der Waals surface area contributed by atoms with Crippen molar-refractivity contribution in [3.63, 3.8) is 0 Å². The summed E-state index contributed by atoms with van der Waals surface area (Å²) in [5, 5.41) is 9.05. The molecule has 3 heterocycles. The van der Waals surface area contributed by atoms with E-state index in [4.69, 9.17) is 4.74 Å². The van der Waals surface area contributed by atoms with Crippen molar-refractivity contribution in [2.45, 2.75) is 63.1 Å². The number of hydrogen-bond acceptors (Lipinski definition) is 5. The van der Waals surface area contributed by atoms with E-state index in [9.17, 15) is 4.79 Å². The third kappa shape index (κ3) is 3.08. The Hall–Kier alpha value is -1.47. The number of aromatic nitrogens is 3. The van der Waals surface area contributed by atoms with Crippen LogP contribution < -0.4 is 0 Å². The smallest absolute Gasteiger partial charge is 0.240 e. The third-order valence-corrected chi connectivity index (χ3v) is 5.96. The van der Waals surface area contributed by atoms with Crippen LogP contribution in [-0.4, -0.2) is 69.4 Å². The van der Waals surface area contributed by atoms with Crippen LogP contribution in [0.2, 0.25) is 0 Å². The molecule has 0 N–H and O–H groups in total. The molecule has 0 bridgehead atoms. The summed E-state index contributed by atoms with van der Waals surface area (Å²) in [7, 11) is 0. The minimum absolute atomic E-state index is 0.00632. The minimum Gasteiger partial charge on any atom is -0.378 e. The molecule has 5 rings (SSSR count). The second-order valence-corrected chi connectivity index (χ2v) is 7.92. The molecule has 2 saturated carbocycles. The van der Waals surface area contributed by atoms with E-state index >= 15 is 0 Å². The number of carbonyl (C=O) groups excluding carboxylic acids is 1. The maximum absolute atomic E-state index is 12.9. The van der Waals surface area contributed by atoms with Crippen LogP contribution in [-0.2, 0) is 16.1 Å². The van der Waals surface area contributed by atoms with E-state index in [-0.39, 0.29) is 11.9 Å². The van der Waals surface area contributed by atoms with Gasteiger partial charge in [-0.15, -0.1) is 10.2 Å². The molecule has 25 heavy (non-hydrogen) atoms. The largest absolute Gasteiger partial charge is 0.378 e. The molecule has 2 saturated heterocycles. The van der Waals surface area contributed by atoms with Gasteiger partial charge in [-0.2, -0.15) is 0 Å². The first kappa shape index (κ1) is 15.8. The van der Waals surface area contributed by atoms with Crippen LogP contribution in [0.1, 0.15) is 62.1 Å². The Balaban J connectivity index is 1.32. The summed E-state index contributed by atoms with van der Waals surface area (Å²) in [6, 6.07) is 0.614. The lowest BCUT2D eigenvalue weighted by Crippen LogP contribution is -2.49. The van der Waals surface area contributed by atoms with Gasteiger partial charge in [0.25, 0.3) is 0 Å². The molecular formula is C18H27N5O2. The Morgan fingerprint density at radius 1 is 1.04 bits per heavy atom. The minimum atomic E-state index is 0.00632. The molecule has 1 aromatic rings. The number of nitrogens with zero attached hydrogens (tertiary/aromatic N) is 5. The molecule has 1 atom stereocenters. The van der Waals surface area contributed by atoms with Crippen molar-refractivity contribution in [3.05, 3.63) is 11.6 Å². The fourth-order valence-electron chi connectivity index (χ4n) is 4.27. The number of morpholine rings is 1. The van der Waals surface area contributed by atoms with Gasteiger partial charge < -0.3 is 14.2 Å². The standard InChI is InChI=1S/C18H27N5O2/c24-18(21-8-10-25-11-9-21)15-2-1-7-22(15)12-16-19-20-17(13-3-4-13)23(16)14-5-6-14/h13-15H,1-12H2. The highest BCUT2D eigenvalue weighted by molar-refractivity contribution is 5.82. The Bertz CT molecular complexity index is 646. The van der Waals surface area contributed by atoms with Crippen molar-refractivity contribution in [1.82, 2.24) is 24.6 Å². The van der Waals surface area contributed by atoms with Crippen molar-refractivity contribution in [3.8, 4) is 0 Å². The lowest BCUT2D eigenvalue weighted by molar-refractivity contribution is -0.140. The number of ether oxygens (including phenoxy) is 1. The number of rotatable bonds is 5. The number of carbonyl (C=O) groups is 1. The van der Waals surface area contributed by atoms with Gasteiger partial charge in [-0.1, -0.05) is 0 Å². The molecule has 136 valence electrons. The zero-order valence-corrected chi connectivity index (χ0v) is 14.8. The predicted molar refractivity (Wildman–Crippen MR) is 91.1 cm³/mol. The fourth-order valence-corrected chi connectivity index (χ4v) is 4.27. The first-order valence-corrected chi connectivity index (χ1v) is 9.85. The summed E-state index contributed by atoms with van der Waals surface area (Å²) in [5.74, 6) is 3.19. The molecule has 1 aromatic heterocycles. The van der Waals surface area contributed by atoms with Crippen LogP contribution in [0.4, 0.5) is 0 Å². The summed E-state index contributed by atoms with van der Waals surface area (Å²) in [5.41, 5.74) is 0. The van der Waals surface area contributed by atoms with Gasteiger partial charge in [-0.05, 0) is 45.1 Å². The topological polar surface area (TPSA) is 63.5 Å². The van der Waals surface area contributed by atoms with Crippen molar-refractivity contribution >= 4 is 5.91 Å². The second kappa shape index (κ2) is 6.36. The summed E-state index contributed by atoms with van der Waals surface area (Å²) >= 11 is 0. The molecule has 0 aromatic carbocycles. The van der Waals surface area contributed by atoms with Gasteiger partial charge in [0.05, 0.1) is 25.8 Å². The quantitative estimate of drug-likeness (QED) is 0.805. The molecule has 2 aliphatic heterocycles. The maximum Gasteiger partial charge on any atom is 0.240 e. The summed E-state index contributed by atoms with van der Waals surface area (Å²) < 4.78 is 7.79. The highest BCUT2D eigenvalue weighted by Crippen LogP contribution is 2.45. The lowest BCUT2D eigenvalue weighted by atomic mass is 10.2. The van der Waals surface area contributed by atoms with Crippen LogP contribution in [0.5, 0.6) is 0 Å². The van der Waals surface area contributed by atoms with E-state index < -0.39 is 0 Å². The Kier molecular flexibility index (Phi) is 4.01. The first-order chi connectivity index (χ1) is 12.3. The van der Waals surface area contributed by atoms with E-state index in [1.165, 1.54) is 31.5 Å². The van der Waals surface area contributed by atoms with Crippen LogP contribution in [0.3, 0.4) is 0 Å². The van der Waals surface area contributed by atoms with Gasteiger partial charge in [0, 0.05) is 25.0 Å². The fraction of sp³-hybridized carbons (Fsp3) is 0.833. The average molecular weight is 345 g/mol. The molecule has 2 aliphatic carbocycles. The van der Waals surface area contributed by atoms with Crippen molar-refractivity contribution in [1.29, 1.82) is 0 Å². The summed E-state index contributed by atoms with van der Waals surface area (Å²) in [4.78, 5) is 17.3.